The van der Waals surface area contributed by atoms with Crippen LogP contribution < -0.4 is 5.73 Å². The average Bonchev–Trinajstić information content (AvgIpc) is 2.41. The zero-order chi connectivity index (χ0) is 17.6. The molecule has 1 rings (SSSR count). The van der Waals surface area contributed by atoms with Crippen LogP contribution in [0.15, 0.2) is 30.3 Å². The Morgan fingerprint density at radius 3 is 2.26 bits per heavy atom. The second-order valence-electron chi connectivity index (χ2n) is 6.15. The molecule has 0 heterocycles. The number of hydroxylamine groups is 2. The monoisotopic (exact) mass is 324 g/mol. The van der Waals surface area contributed by atoms with Gasteiger partial charge in [-0.05, 0) is 33.3 Å². The van der Waals surface area contributed by atoms with E-state index in [1.165, 1.54) is 6.92 Å². The minimum Gasteiger partial charge on any atom is -0.442 e. The Balaban J connectivity index is 2.95. The van der Waals surface area contributed by atoms with Crippen LogP contribution in [0.5, 0.6) is 0 Å². The van der Waals surface area contributed by atoms with Crippen LogP contribution in [-0.2, 0) is 21.0 Å². The summed E-state index contributed by atoms with van der Waals surface area (Å²) in [6, 6.07) is 7.72. The van der Waals surface area contributed by atoms with Gasteiger partial charge >= 0.3 is 6.09 Å². The Morgan fingerprint density at radius 2 is 1.83 bits per heavy atom. The molecule has 0 spiro atoms. The van der Waals surface area contributed by atoms with Crippen molar-refractivity contribution in [3.63, 3.8) is 0 Å². The number of amides is 2. The summed E-state index contributed by atoms with van der Waals surface area (Å²) in [5, 5.41) is 10.5. The van der Waals surface area contributed by atoms with Crippen LogP contribution in [0.1, 0.15) is 33.3 Å². The number of ether oxygens (including phenoxy) is 1. The van der Waals surface area contributed by atoms with Crippen LogP contribution in [-0.4, -0.2) is 39.9 Å². The maximum atomic E-state index is 12.3. The number of carbonyl (C=O) groups excluding carboxylic acids is 2. The number of nitrogens with zero attached hydrogens (tertiary/aromatic N) is 1. The molecule has 0 aliphatic carbocycles. The number of nitrogens with two attached hydrogens (primary N) is 1. The molecule has 0 aliphatic heterocycles. The number of aliphatic hydroxyl groups is 1. The molecule has 23 heavy (non-hydrogen) atoms. The van der Waals surface area contributed by atoms with E-state index < -0.39 is 29.7 Å². The van der Waals surface area contributed by atoms with Crippen molar-refractivity contribution in [3.8, 4) is 0 Å². The standard InChI is InChI=1S/C16H24N2O5/c1-11(19)13(14(17)20)18(15(21)23-16(2,3)4)22-10-12-8-6-5-7-9-12/h5-9,11,13,19H,10H2,1-4H3,(H2,17,20)/t11-,13+/m1/s1. The minimum absolute atomic E-state index is 0.0244. The molecular formula is C16H24N2O5. The quantitative estimate of drug-likeness (QED) is 0.774. The molecule has 1 aromatic carbocycles. The van der Waals surface area contributed by atoms with Crippen LogP contribution in [0.3, 0.4) is 0 Å². The average molecular weight is 324 g/mol. The van der Waals surface area contributed by atoms with E-state index in [0.29, 0.717) is 5.06 Å². The highest BCUT2D eigenvalue weighted by Crippen LogP contribution is 2.16. The van der Waals surface area contributed by atoms with E-state index in [4.69, 9.17) is 15.3 Å². The lowest BCUT2D eigenvalue weighted by atomic mass is 10.1. The largest absolute Gasteiger partial charge is 0.442 e. The Hall–Kier alpha value is -2.12. The summed E-state index contributed by atoms with van der Waals surface area (Å²) in [7, 11) is 0. The van der Waals surface area contributed by atoms with Crippen LogP contribution in [0.2, 0.25) is 0 Å². The van der Waals surface area contributed by atoms with Gasteiger partial charge in [0.1, 0.15) is 12.2 Å². The predicted molar refractivity (Wildman–Crippen MR) is 84.0 cm³/mol. The first-order chi connectivity index (χ1) is 10.6. The van der Waals surface area contributed by atoms with Crippen molar-refractivity contribution in [3.05, 3.63) is 35.9 Å². The highest BCUT2D eigenvalue weighted by Gasteiger charge is 2.36. The van der Waals surface area contributed by atoms with Gasteiger partial charge in [0.25, 0.3) is 0 Å². The first-order valence-corrected chi connectivity index (χ1v) is 7.28. The van der Waals surface area contributed by atoms with E-state index in [0.717, 1.165) is 5.56 Å². The maximum absolute atomic E-state index is 12.3. The van der Waals surface area contributed by atoms with E-state index in [2.05, 4.69) is 0 Å². The maximum Gasteiger partial charge on any atom is 0.435 e. The summed E-state index contributed by atoms with van der Waals surface area (Å²) in [6.07, 6.45) is -2.10. The lowest BCUT2D eigenvalue weighted by Gasteiger charge is -2.32. The number of carbonyl (C=O) groups is 2. The SMILES string of the molecule is C[C@@H](O)[C@@H](C(N)=O)N(OCc1ccccc1)C(=O)OC(C)(C)C. The van der Waals surface area contributed by atoms with Gasteiger partial charge in [0, 0.05) is 0 Å². The van der Waals surface area contributed by atoms with Gasteiger partial charge in [0.05, 0.1) is 6.10 Å². The zero-order valence-electron chi connectivity index (χ0n) is 13.9. The number of benzene rings is 1. The fourth-order valence-electron chi connectivity index (χ4n) is 1.82. The van der Waals surface area contributed by atoms with Crippen LogP contribution >= 0.6 is 0 Å². The third-order valence-corrected chi connectivity index (χ3v) is 2.79. The molecule has 0 radical (unpaired) electrons. The summed E-state index contributed by atoms with van der Waals surface area (Å²) < 4.78 is 5.21. The Labute approximate surface area is 135 Å². The van der Waals surface area contributed by atoms with Crippen molar-refractivity contribution >= 4 is 12.0 Å². The second-order valence-corrected chi connectivity index (χ2v) is 6.15. The first kappa shape index (κ1) is 18.9. The lowest BCUT2D eigenvalue weighted by molar-refractivity contribution is -0.196. The highest BCUT2D eigenvalue weighted by atomic mass is 16.7. The van der Waals surface area contributed by atoms with Gasteiger partial charge in [0.2, 0.25) is 5.91 Å². The fourth-order valence-corrected chi connectivity index (χ4v) is 1.82. The highest BCUT2D eigenvalue weighted by molar-refractivity contribution is 5.84. The first-order valence-electron chi connectivity index (χ1n) is 7.28. The van der Waals surface area contributed by atoms with Gasteiger partial charge in [-0.2, -0.15) is 5.06 Å². The zero-order valence-corrected chi connectivity index (χ0v) is 13.9. The minimum atomic E-state index is -1.35. The Bertz CT molecular complexity index is 525. The van der Waals surface area contributed by atoms with Crippen molar-refractivity contribution in [2.45, 2.75) is 52.0 Å². The molecule has 0 saturated carbocycles. The van der Waals surface area contributed by atoms with Crippen LogP contribution in [0, 0.1) is 0 Å². The topological polar surface area (TPSA) is 102 Å². The van der Waals surface area contributed by atoms with E-state index in [-0.39, 0.29) is 6.61 Å². The van der Waals surface area contributed by atoms with Crippen molar-refractivity contribution in [1.29, 1.82) is 0 Å². The Kier molecular flexibility index (Phi) is 6.53. The lowest BCUT2D eigenvalue weighted by Crippen LogP contribution is -2.54. The molecule has 128 valence electrons. The van der Waals surface area contributed by atoms with Crippen LogP contribution in [0.4, 0.5) is 4.79 Å². The number of hydrogen-bond acceptors (Lipinski definition) is 5. The number of rotatable bonds is 6. The summed E-state index contributed by atoms with van der Waals surface area (Å²) in [5.74, 6) is -0.890. The molecule has 0 fully saturated rings. The van der Waals surface area contributed by atoms with E-state index >= 15 is 0 Å². The molecule has 7 heteroatoms. The van der Waals surface area contributed by atoms with Crippen molar-refractivity contribution in [2.24, 2.45) is 5.73 Å². The van der Waals surface area contributed by atoms with Crippen molar-refractivity contribution in [1.82, 2.24) is 5.06 Å². The summed E-state index contributed by atoms with van der Waals surface area (Å²) >= 11 is 0. The molecule has 0 unspecified atom stereocenters. The van der Waals surface area contributed by atoms with Crippen molar-refractivity contribution in [2.75, 3.05) is 0 Å². The van der Waals surface area contributed by atoms with E-state index in [1.807, 2.05) is 18.2 Å². The predicted octanol–water partition coefficient (Wildman–Crippen LogP) is 1.59. The molecule has 0 aliphatic rings. The third kappa shape index (κ3) is 6.25. The van der Waals surface area contributed by atoms with Gasteiger partial charge in [-0.3, -0.25) is 9.63 Å². The van der Waals surface area contributed by atoms with Gasteiger partial charge in [-0.25, -0.2) is 4.79 Å². The normalized spacial score (nSPS) is 14.0. The fraction of sp³-hybridized carbons (Fsp3) is 0.500. The second kappa shape index (κ2) is 7.94. The molecular weight excluding hydrogens is 300 g/mol. The van der Waals surface area contributed by atoms with Crippen molar-refractivity contribution < 1.29 is 24.3 Å². The van der Waals surface area contributed by atoms with Gasteiger partial charge in [-0.15, -0.1) is 0 Å². The van der Waals surface area contributed by atoms with Crippen LogP contribution in [0.25, 0.3) is 0 Å². The van der Waals surface area contributed by atoms with Gasteiger partial charge in [-0.1, -0.05) is 30.3 Å². The van der Waals surface area contributed by atoms with Gasteiger partial charge in [0.15, 0.2) is 6.04 Å². The van der Waals surface area contributed by atoms with E-state index in [1.54, 1.807) is 32.9 Å². The van der Waals surface area contributed by atoms with E-state index in [9.17, 15) is 14.7 Å². The number of aliphatic hydroxyl groups excluding tert-OH is 1. The third-order valence-electron chi connectivity index (χ3n) is 2.79. The smallest absolute Gasteiger partial charge is 0.435 e. The molecule has 7 nitrogen and oxygen atoms in total. The van der Waals surface area contributed by atoms with Gasteiger partial charge < -0.3 is 15.6 Å². The molecule has 1 aromatic rings. The molecule has 2 amide bonds. The number of primary amides is 1. The summed E-state index contributed by atoms with van der Waals surface area (Å²) in [6.45, 7) is 6.42. The number of hydrogen-bond donors (Lipinski definition) is 2. The summed E-state index contributed by atoms with van der Waals surface area (Å²) in [5.41, 5.74) is 5.28. The molecule has 2 atom stereocenters. The Morgan fingerprint density at radius 1 is 1.26 bits per heavy atom. The molecule has 0 bridgehead atoms. The molecule has 3 N–H and O–H groups in total. The summed E-state index contributed by atoms with van der Waals surface area (Å²) in [4.78, 5) is 29.3. The molecule has 0 aromatic heterocycles. The molecule has 0 saturated heterocycles.